The lowest BCUT2D eigenvalue weighted by Gasteiger charge is -2.06. The van der Waals surface area contributed by atoms with Crippen LogP contribution < -0.4 is 4.74 Å². The highest BCUT2D eigenvalue weighted by Crippen LogP contribution is 2.26. The van der Waals surface area contributed by atoms with Gasteiger partial charge in [0, 0.05) is 17.1 Å². The normalized spacial score (nSPS) is 11.4. The van der Waals surface area contributed by atoms with Crippen molar-refractivity contribution in [2.24, 2.45) is 0 Å². The smallest absolute Gasteiger partial charge is 0.139 e. The molecule has 0 radical (unpaired) electrons. The summed E-state index contributed by atoms with van der Waals surface area (Å²) in [5.74, 6) is 2.48. The van der Waals surface area contributed by atoms with E-state index < -0.39 is 0 Å². The van der Waals surface area contributed by atoms with Crippen molar-refractivity contribution in [3.8, 4) is 11.6 Å². The van der Waals surface area contributed by atoms with Crippen LogP contribution in [0.15, 0.2) is 54.0 Å². The minimum Gasteiger partial charge on any atom is -0.497 e. The molecule has 0 saturated carbocycles. The predicted octanol–water partition coefficient (Wildman–Crippen LogP) is 4.97. The van der Waals surface area contributed by atoms with Gasteiger partial charge in [0.15, 0.2) is 0 Å². The molecule has 124 valence electrons. The summed E-state index contributed by atoms with van der Waals surface area (Å²) in [6.07, 6.45) is 5.94. The lowest BCUT2D eigenvalue weighted by molar-refractivity contribution is 0.415. The van der Waals surface area contributed by atoms with Crippen molar-refractivity contribution >= 4 is 34.5 Å². The number of aryl methyl sites for hydroxylation is 1. The van der Waals surface area contributed by atoms with Gasteiger partial charge >= 0.3 is 0 Å². The van der Waals surface area contributed by atoms with Gasteiger partial charge in [0.1, 0.15) is 17.4 Å². The summed E-state index contributed by atoms with van der Waals surface area (Å²) in [5, 5.41) is 2.10. The molecule has 1 aromatic carbocycles. The average molecular weight is 347 g/mol. The van der Waals surface area contributed by atoms with Crippen molar-refractivity contribution in [2.75, 3.05) is 7.11 Å². The minimum atomic E-state index is 0.794. The zero-order chi connectivity index (χ0) is 17.2. The molecule has 4 aromatic rings. The second-order valence-electron chi connectivity index (χ2n) is 5.65. The van der Waals surface area contributed by atoms with Crippen molar-refractivity contribution in [3.05, 3.63) is 70.3 Å². The topological polar surface area (TPSA) is 39.9 Å². The number of nitrogens with zero attached hydrogens (tertiary/aromatic N) is 3. The maximum Gasteiger partial charge on any atom is 0.139 e. The summed E-state index contributed by atoms with van der Waals surface area (Å²) in [7, 11) is 1.66. The molecule has 0 saturated heterocycles. The Morgan fingerprint density at radius 2 is 2.04 bits per heavy atom. The highest BCUT2D eigenvalue weighted by Gasteiger charge is 2.12. The maximum absolute atomic E-state index is 5.33. The van der Waals surface area contributed by atoms with Crippen LogP contribution in [0.25, 0.3) is 29.0 Å². The quantitative estimate of drug-likeness (QED) is 0.523. The first-order valence-corrected chi connectivity index (χ1v) is 8.84. The number of hydrogen-bond acceptors (Lipinski definition) is 4. The molecule has 0 fully saturated rings. The maximum atomic E-state index is 5.33. The van der Waals surface area contributed by atoms with E-state index in [0.717, 1.165) is 28.4 Å². The van der Waals surface area contributed by atoms with Crippen molar-refractivity contribution in [1.29, 1.82) is 0 Å². The number of aromatic nitrogens is 3. The highest BCUT2D eigenvalue weighted by atomic mass is 32.1. The standard InChI is InChI=1S/C20H17N3OS/c1-14-10-12-25-18(14)8-9-20-22-16-13-15(24-2)6-7-17(16)23(20)19-5-3-4-11-21-19/h3-13H,1-2H3/b9-8+. The van der Waals surface area contributed by atoms with Crippen molar-refractivity contribution in [2.45, 2.75) is 6.92 Å². The molecule has 25 heavy (non-hydrogen) atoms. The molecular weight excluding hydrogens is 330 g/mol. The molecule has 5 heteroatoms. The van der Waals surface area contributed by atoms with Gasteiger partial charge in [-0.1, -0.05) is 6.07 Å². The average Bonchev–Trinajstić information content (AvgIpc) is 3.22. The molecule has 0 N–H and O–H groups in total. The molecule has 0 unspecified atom stereocenters. The van der Waals surface area contributed by atoms with Gasteiger partial charge in [0.25, 0.3) is 0 Å². The SMILES string of the molecule is COc1ccc2c(c1)nc(/C=C/c1sccc1C)n2-c1ccccn1. The van der Waals surface area contributed by atoms with Crippen LogP contribution in [0.5, 0.6) is 5.75 Å². The monoisotopic (exact) mass is 347 g/mol. The molecule has 0 atom stereocenters. The van der Waals surface area contributed by atoms with E-state index in [9.17, 15) is 0 Å². The number of imidazole rings is 1. The molecule has 4 rings (SSSR count). The van der Waals surface area contributed by atoms with E-state index in [1.807, 2.05) is 42.5 Å². The van der Waals surface area contributed by atoms with E-state index in [1.165, 1.54) is 10.4 Å². The van der Waals surface area contributed by atoms with Crippen LogP contribution in [0.3, 0.4) is 0 Å². The Labute approximate surface area is 150 Å². The van der Waals surface area contributed by atoms with Crippen LogP contribution in [-0.2, 0) is 0 Å². The van der Waals surface area contributed by atoms with Gasteiger partial charge < -0.3 is 4.74 Å². The Hall–Kier alpha value is -2.92. The van der Waals surface area contributed by atoms with Gasteiger partial charge in [-0.05, 0) is 60.4 Å². The fourth-order valence-corrected chi connectivity index (χ4v) is 3.57. The Balaban J connectivity index is 1.90. The Morgan fingerprint density at radius 3 is 2.76 bits per heavy atom. The van der Waals surface area contributed by atoms with Crippen molar-refractivity contribution < 1.29 is 4.74 Å². The van der Waals surface area contributed by atoms with E-state index in [0.29, 0.717) is 0 Å². The first kappa shape index (κ1) is 15.6. The van der Waals surface area contributed by atoms with E-state index in [2.05, 4.69) is 34.0 Å². The van der Waals surface area contributed by atoms with Crippen molar-refractivity contribution in [3.63, 3.8) is 0 Å². The first-order chi connectivity index (χ1) is 12.3. The summed E-state index contributed by atoms with van der Waals surface area (Å²) < 4.78 is 7.39. The second kappa shape index (κ2) is 6.53. The summed E-state index contributed by atoms with van der Waals surface area (Å²) in [6, 6.07) is 13.9. The molecule has 0 aliphatic heterocycles. The van der Waals surface area contributed by atoms with Gasteiger partial charge in [0.05, 0.1) is 18.1 Å². The zero-order valence-corrected chi connectivity index (χ0v) is 14.8. The number of methoxy groups -OCH3 is 1. The minimum absolute atomic E-state index is 0.794. The molecule has 4 nitrogen and oxygen atoms in total. The number of pyridine rings is 1. The lowest BCUT2D eigenvalue weighted by Crippen LogP contribution is -1.99. The fourth-order valence-electron chi connectivity index (χ4n) is 2.75. The molecule has 0 aliphatic rings. The third kappa shape index (κ3) is 2.94. The van der Waals surface area contributed by atoms with Gasteiger partial charge in [0.2, 0.25) is 0 Å². The molecule has 0 amide bonds. The zero-order valence-electron chi connectivity index (χ0n) is 14.0. The first-order valence-electron chi connectivity index (χ1n) is 7.96. The van der Waals surface area contributed by atoms with Gasteiger partial charge in [-0.3, -0.25) is 4.57 Å². The molecular formula is C20H17N3OS. The number of ether oxygens (including phenoxy) is 1. The van der Waals surface area contributed by atoms with Crippen molar-refractivity contribution in [1.82, 2.24) is 14.5 Å². The number of fused-ring (bicyclic) bond motifs is 1. The van der Waals surface area contributed by atoms with E-state index in [1.54, 1.807) is 24.6 Å². The van der Waals surface area contributed by atoms with Crippen LogP contribution in [-0.4, -0.2) is 21.6 Å². The number of thiophene rings is 1. The summed E-state index contributed by atoms with van der Waals surface area (Å²) in [5.41, 5.74) is 3.15. The largest absolute Gasteiger partial charge is 0.497 e. The Kier molecular flexibility index (Phi) is 4.07. The van der Waals surface area contributed by atoms with Crippen LogP contribution in [0, 0.1) is 6.92 Å². The molecule has 0 spiro atoms. The predicted molar refractivity (Wildman–Crippen MR) is 103 cm³/mol. The van der Waals surface area contributed by atoms with Crippen LogP contribution >= 0.6 is 11.3 Å². The number of rotatable bonds is 4. The summed E-state index contributed by atoms with van der Waals surface area (Å²) in [4.78, 5) is 10.5. The molecule has 3 heterocycles. The number of hydrogen-bond donors (Lipinski definition) is 0. The van der Waals surface area contributed by atoms with Crippen LogP contribution in [0.1, 0.15) is 16.3 Å². The second-order valence-corrected chi connectivity index (χ2v) is 6.60. The van der Waals surface area contributed by atoms with Gasteiger partial charge in [-0.25, -0.2) is 9.97 Å². The third-order valence-corrected chi connectivity index (χ3v) is 5.04. The summed E-state index contributed by atoms with van der Waals surface area (Å²) in [6.45, 7) is 2.11. The molecule has 3 aromatic heterocycles. The van der Waals surface area contributed by atoms with Gasteiger partial charge in [-0.15, -0.1) is 11.3 Å². The van der Waals surface area contributed by atoms with E-state index >= 15 is 0 Å². The third-order valence-electron chi connectivity index (χ3n) is 4.05. The van der Waals surface area contributed by atoms with Crippen LogP contribution in [0.2, 0.25) is 0 Å². The Bertz CT molecular complexity index is 1050. The number of benzene rings is 1. The summed E-state index contributed by atoms with van der Waals surface area (Å²) >= 11 is 1.72. The fraction of sp³-hybridized carbons (Fsp3) is 0.100. The van der Waals surface area contributed by atoms with E-state index in [-0.39, 0.29) is 0 Å². The Morgan fingerprint density at radius 1 is 1.12 bits per heavy atom. The van der Waals surface area contributed by atoms with E-state index in [4.69, 9.17) is 9.72 Å². The van der Waals surface area contributed by atoms with Crippen LogP contribution in [0.4, 0.5) is 0 Å². The lowest BCUT2D eigenvalue weighted by atomic mass is 10.3. The van der Waals surface area contributed by atoms with Gasteiger partial charge in [-0.2, -0.15) is 0 Å². The highest BCUT2D eigenvalue weighted by molar-refractivity contribution is 7.11. The molecule has 0 bridgehead atoms. The molecule has 0 aliphatic carbocycles.